The Bertz CT molecular complexity index is 1010. The molecule has 2 aliphatic rings. The lowest BCUT2D eigenvalue weighted by atomic mass is 9.95. The molecule has 0 amide bonds. The number of hydrogen-bond acceptors (Lipinski definition) is 7. The molecule has 1 aliphatic heterocycles. The van der Waals surface area contributed by atoms with Crippen LogP contribution in [0.1, 0.15) is 32.1 Å². The largest absolute Gasteiger partial charge is 0.378 e. The number of rotatable bonds is 5. The van der Waals surface area contributed by atoms with Gasteiger partial charge in [0.25, 0.3) is 0 Å². The van der Waals surface area contributed by atoms with Gasteiger partial charge in [-0.1, -0.05) is 42.7 Å². The van der Waals surface area contributed by atoms with Gasteiger partial charge in [-0.25, -0.2) is 4.98 Å². The van der Waals surface area contributed by atoms with Crippen LogP contribution in [0, 0.1) is 0 Å². The Kier molecular flexibility index (Phi) is 5.75. The topological polar surface area (TPSA) is 51.9 Å². The molecule has 7 nitrogen and oxygen atoms in total. The molecule has 2 fully saturated rings. The number of benzene rings is 1. The molecule has 5 rings (SSSR count). The molecule has 1 saturated carbocycles. The molecule has 2 aromatic heterocycles. The summed E-state index contributed by atoms with van der Waals surface area (Å²) < 4.78 is 2.06. The van der Waals surface area contributed by atoms with Crippen LogP contribution in [0.5, 0.6) is 0 Å². The van der Waals surface area contributed by atoms with Crippen molar-refractivity contribution in [1.29, 1.82) is 0 Å². The molecule has 31 heavy (non-hydrogen) atoms. The first-order valence-electron chi connectivity index (χ1n) is 11.5. The van der Waals surface area contributed by atoms with E-state index in [1.165, 1.54) is 37.8 Å². The molecule has 1 aromatic carbocycles. The average molecular weight is 440 g/mol. The molecule has 8 heteroatoms. The van der Waals surface area contributed by atoms with E-state index in [2.05, 4.69) is 69.9 Å². The minimum atomic E-state index is 0.502. The first-order valence-corrected chi connectivity index (χ1v) is 12.3. The summed E-state index contributed by atoms with van der Waals surface area (Å²) in [5.41, 5.74) is 3.35. The Morgan fingerprint density at radius 2 is 1.71 bits per heavy atom. The van der Waals surface area contributed by atoms with Gasteiger partial charge in [0.2, 0.25) is 10.1 Å². The minimum absolute atomic E-state index is 0.502. The molecule has 166 valence electrons. The van der Waals surface area contributed by atoms with Crippen LogP contribution < -0.4 is 15.1 Å². The summed E-state index contributed by atoms with van der Waals surface area (Å²) in [6, 6.07) is 9.18. The fourth-order valence-electron chi connectivity index (χ4n) is 4.55. The Morgan fingerprint density at radius 3 is 2.39 bits per heavy atom. The van der Waals surface area contributed by atoms with Crippen LogP contribution in [-0.4, -0.2) is 72.9 Å². The molecule has 1 saturated heterocycles. The lowest BCUT2D eigenvalue weighted by molar-refractivity contribution is 0.312. The fourth-order valence-corrected chi connectivity index (χ4v) is 5.51. The van der Waals surface area contributed by atoms with E-state index in [1.54, 1.807) is 11.3 Å². The number of fused-ring (bicyclic) bond motifs is 1. The molecule has 0 bridgehead atoms. The summed E-state index contributed by atoms with van der Waals surface area (Å²) in [6.45, 7) is 4.21. The van der Waals surface area contributed by atoms with Crippen molar-refractivity contribution in [2.75, 3.05) is 62.4 Å². The highest BCUT2D eigenvalue weighted by atomic mass is 32.1. The lowest BCUT2D eigenvalue weighted by Gasteiger charge is -2.31. The van der Waals surface area contributed by atoms with Crippen LogP contribution in [0.2, 0.25) is 0 Å². The Hall–Kier alpha value is -2.32. The summed E-state index contributed by atoms with van der Waals surface area (Å²) in [6.07, 6.45) is 6.40. The van der Waals surface area contributed by atoms with Crippen molar-refractivity contribution in [2.24, 2.45) is 0 Å². The van der Waals surface area contributed by atoms with E-state index in [-0.39, 0.29) is 0 Å². The smallest absolute Gasteiger partial charge is 0.216 e. The lowest BCUT2D eigenvalue weighted by Crippen LogP contribution is -2.44. The van der Waals surface area contributed by atoms with Crippen molar-refractivity contribution in [1.82, 2.24) is 19.5 Å². The highest BCUT2D eigenvalue weighted by Crippen LogP contribution is 2.35. The van der Waals surface area contributed by atoms with E-state index in [1.807, 2.05) is 0 Å². The monoisotopic (exact) mass is 439 g/mol. The number of nitrogens with zero attached hydrogens (tertiary/aromatic N) is 6. The summed E-state index contributed by atoms with van der Waals surface area (Å²) in [5.74, 6) is 1.05. The molecule has 0 atom stereocenters. The molecule has 3 aromatic rings. The molecule has 3 heterocycles. The number of likely N-dealkylation sites (N-methyl/N-ethyl adjacent to an activating group) is 1. The molecule has 0 unspecified atom stereocenters. The number of anilines is 3. The zero-order valence-corrected chi connectivity index (χ0v) is 19.7. The third kappa shape index (κ3) is 4.23. The maximum absolute atomic E-state index is 5.06. The van der Waals surface area contributed by atoms with Gasteiger partial charge in [0.1, 0.15) is 5.69 Å². The summed E-state index contributed by atoms with van der Waals surface area (Å²) in [5, 5.41) is 9.95. The quantitative estimate of drug-likeness (QED) is 0.648. The zero-order chi connectivity index (χ0) is 21.4. The molecular weight excluding hydrogens is 406 g/mol. The van der Waals surface area contributed by atoms with E-state index < -0.39 is 0 Å². The van der Waals surface area contributed by atoms with Crippen LogP contribution >= 0.6 is 11.3 Å². The second kappa shape index (κ2) is 8.67. The van der Waals surface area contributed by atoms with Gasteiger partial charge >= 0.3 is 0 Å². The average Bonchev–Trinajstić information content (AvgIpc) is 3.34. The van der Waals surface area contributed by atoms with Gasteiger partial charge in [-0.05, 0) is 32.0 Å². The number of imidazole rings is 1. The molecule has 1 N–H and O–H groups in total. The van der Waals surface area contributed by atoms with Gasteiger partial charge in [0, 0.05) is 57.6 Å². The number of hydrogen-bond donors (Lipinski definition) is 1. The van der Waals surface area contributed by atoms with E-state index >= 15 is 0 Å². The van der Waals surface area contributed by atoms with Gasteiger partial charge in [-0.15, -0.1) is 5.10 Å². The van der Waals surface area contributed by atoms with Crippen molar-refractivity contribution in [2.45, 2.75) is 38.1 Å². The highest BCUT2D eigenvalue weighted by Gasteiger charge is 2.24. The Labute approximate surface area is 188 Å². The maximum Gasteiger partial charge on any atom is 0.216 e. The van der Waals surface area contributed by atoms with Crippen molar-refractivity contribution < 1.29 is 0 Å². The van der Waals surface area contributed by atoms with E-state index in [9.17, 15) is 0 Å². The molecule has 1 aliphatic carbocycles. The van der Waals surface area contributed by atoms with E-state index in [4.69, 9.17) is 10.1 Å². The fraction of sp³-hybridized carbons (Fsp3) is 0.565. The SMILES string of the molecule is CN1CCN(c2nn3c(NC4CCCCC4)c(-c4ccc(N(C)C)cc4)nc3s2)CC1. The van der Waals surface area contributed by atoms with Gasteiger partial charge in [-0.3, -0.25) is 0 Å². The second-order valence-electron chi connectivity index (χ2n) is 9.10. The highest BCUT2D eigenvalue weighted by molar-refractivity contribution is 7.20. The van der Waals surface area contributed by atoms with Crippen LogP contribution in [0.25, 0.3) is 16.2 Å². The number of piperazine rings is 1. The predicted octanol–water partition coefficient (Wildman–Crippen LogP) is 4.02. The summed E-state index contributed by atoms with van der Waals surface area (Å²) in [7, 11) is 6.33. The van der Waals surface area contributed by atoms with Gasteiger partial charge in [-0.2, -0.15) is 4.52 Å². The van der Waals surface area contributed by atoms with Crippen LogP contribution in [0.15, 0.2) is 24.3 Å². The first-order chi connectivity index (χ1) is 15.1. The van der Waals surface area contributed by atoms with Crippen LogP contribution in [0.3, 0.4) is 0 Å². The maximum atomic E-state index is 5.06. The first kappa shape index (κ1) is 20.6. The Balaban J connectivity index is 1.50. The standard InChI is InChI=1S/C23H33N7S/c1-27(2)19-11-9-17(10-12-19)20-21(24-18-7-5-4-6-8-18)30-22(25-20)31-23(26-30)29-15-13-28(3)14-16-29/h9-12,18,24H,4-8,13-16H2,1-3H3. The third-order valence-electron chi connectivity index (χ3n) is 6.57. The van der Waals surface area contributed by atoms with Crippen LogP contribution in [0.4, 0.5) is 16.6 Å². The van der Waals surface area contributed by atoms with Crippen molar-refractivity contribution in [3.63, 3.8) is 0 Å². The normalized spacial score (nSPS) is 18.6. The zero-order valence-electron chi connectivity index (χ0n) is 18.8. The van der Waals surface area contributed by atoms with Crippen molar-refractivity contribution >= 4 is 32.9 Å². The number of nitrogens with one attached hydrogen (secondary N) is 1. The third-order valence-corrected chi connectivity index (χ3v) is 7.54. The second-order valence-corrected chi connectivity index (χ2v) is 10.0. The summed E-state index contributed by atoms with van der Waals surface area (Å²) in [4.78, 5) is 12.9. The Morgan fingerprint density at radius 1 is 1.00 bits per heavy atom. The van der Waals surface area contributed by atoms with E-state index in [0.29, 0.717) is 6.04 Å². The van der Waals surface area contributed by atoms with E-state index in [0.717, 1.165) is 53.3 Å². The van der Waals surface area contributed by atoms with Crippen molar-refractivity contribution in [3.05, 3.63) is 24.3 Å². The number of aromatic nitrogens is 3. The van der Waals surface area contributed by atoms with Gasteiger partial charge in [0.05, 0.1) is 0 Å². The minimum Gasteiger partial charge on any atom is -0.378 e. The van der Waals surface area contributed by atoms with Crippen LogP contribution in [-0.2, 0) is 0 Å². The molecule has 0 radical (unpaired) electrons. The van der Waals surface area contributed by atoms with Gasteiger partial charge < -0.3 is 20.0 Å². The summed E-state index contributed by atoms with van der Waals surface area (Å²) >= 11 is 1.70. The molecular formula is C23H33N7S. The van der Waals surface area contributed by atoms with Gasteiger partial charge in [0.15, 0.2) is 5.82 Å². The molecule has 0 spiro atoms. The van der Waals surface area contributed by atoms with Crippen molar-refractivity contribution in [3.8, 4) is 11.3 Å². The predicted molar refractivity (Wildman–Crippen MR) is 131 cm³/mol.